The number of hydrogen-bond acceptors (Lipinski definition) is 6. The summed E-state index contributed by atoms with van der Waals surface area (Å²) in [6.07, 6.45) is 0.213. The first kappa shape index (κ1) is 16.2. The average Bonchev–Trinajstić information content (AvgIpc) is 2.49. The van der Waals surface area contributed by atoms with E-state index in [2.05, 4.69) is 0 Å². The van der Waals surface area contributed by atoms with E-state index in [1.165, 1.54) is 37.3 Å². The molecule has 0 heterocycles. The van der Waals surface area contributed by atoms with Crippen molar-refractivity contribution in [3.05, 3.63) is 28.3 Å². The zero-order valence-electron chi connectivity index (χ0n) is 11.7. The fraction of sp³-hybridized carbons (Fsp3) is 0.385. The maximum absolute atomic E-state index is 11.7. The number of amides is 1. The van der Waals surface area contributed by atoms with Crippen molar-refractivity contribution in [2.75, 3.05) is 27.3 Å². The molecule has 0 N–H and O–H groups in total. The largest absolute Gasteiger partial charge is 0.496 e. The highest BCUT2D eigenvalue weighted by molar-refractivity contribution is 5.77. The van der Waals surface area contributed by atoms with Crippen molar-refractivity contribution in [3.8, 4) is 17.6 Å². The Balaban J connectivity index is 2.73. The highest BCUT2D eigenvalue weighted by Crippen LogP contribution is 2.30. The van der Waals surface area contributed by atoms with Crippen LogP contribution in [-0.2, 0) is 4.79 Å². The summed E-state index contributed by atoms with van der Waals surface area (Å²) in [4.78, 5) is 23.4. The number of nitro groups is 1. The molecule has 1 rings (SSSR count). The first-order chi connectivity index (χ1) is 9.99. The molecule has 0 aliphatic carbocycles. The van der Waals surface area contributed by atoms with Crippen molar-refractivity contribution < 1.29 is 19.2 Å². The van der Waals surface area contributed by atoms with Crippen LogP contribution in [0, 0.1) is 21.4 Å². The summed E-state index contributed by atoms with van der Waals surface area (Å²) in [5.74, 6) is -0.0512. The van der Waals surface area contributed by atoms with E-state index in [0.29, 0.717) is 5.75 Å². The topological polar surface area (TPSA) is 106 Å². The SMILES string of the molecule is COc1ccc(OCC(=O)N(C)CCC#N)c([N+](=O)[O-])c1. The number of carbonyl (C=O) groups excluding carboxylic acids is 1. The molecular formula is C13H15N3O5. The third-order valence-electron chi connectivity index (χ3n) is 2.70. The Morgan fingerprint density at radius 2 is 2.24 bits per heavy atom. The monoisotopic (exact) mass is 293 g/mol. The standard InChI is InChI=1S/C13H15N3O5/c1-15(7-3-6-14)13(17)9-21-12-5-4-10(20-2)8-11(12)16(18)19/h4-5,8H,3,7,9H2,1-2H3. The lowest BCUT2D eigenvalue weighted by atomic mass is 10.3. The van der Waals surface area contributed by atoms with Gasteiger partial charge in [0.1, 0.15) is 5.75 Å². The van der Waals surface area contributed by atoms with Crippen molar-refractivity contribution in [1.82, 2.24) is 4.90 Å². The molecule has 0 spiro atoms. The van der Waals surface area contributed by atoms with Gasteiger partial charge in [0.25, 0.3) is 5.91 Å². The molecule has 0 atom stereocenters. The molecule has 21 heavy (non-hydrogen) atoms. The van der Waals surface area contributed by atoms with Gasteiger partial charge in [0.15, 0.2) is 12.4 Å². The number of likely N-dealkylation sites (N-methyl/N-ethyl adjacent to an activating group) is 1. The summed E-state index contributed by atoms with van der Waals surface area (Å²) >= 11 is 0. The summed E-state index contributed by atoms with van der Waals surface area (Å²) in [7, 11) is 2.93. The fourth-order valence-electron chi connectivity index (χ4n) is 1.48. The minimum Gasteiger partial charge on any atom is -0.496 e. The summed E-state index contributed by atoms with van der Waals surface area (Å²) in [5, 5.41) is 19.4. The number of nitriles is 1. The van der Waals surface area contributed by atoms with Gasteiger partial charge in [-0.25, -0.2) is 0 Å². The lowest BCUT2D eigenvalue weighted by Crippen LogP contribution is -2.32. The second-order valence-corrected chi connectivity index (χ2v) is 4.10. The Hall–Kier alpha value is -2.82. The number of nitro benzene ring substituents is 1. The zero-order valence-corrected chi connectivity index (χ0v) is 11.7. The molecule has 0 radical (unpaired) electrons. The van der Waals surface area contributed by atoms with Crippen molar-refractivity contribution in [2.45, 2.75) is 6.42 Å². The third-order valence-corrected chi connectivity index (χ3v) is 2.70. The average molecular weight is 293 g/mol. The van der Waals surface area contributed by atoms with Crippen LogP contribution in [0.3, 0.4) is 0 Å². The van der Waals surface area contributed by atoms with Crippen LogP contribution in [0.4, 0.5) is 5.69 Å². The second kappa shape index (κ2) is 7.69. The highest BCUT2D eigenvalue weighted by Gasteiger charge is 2.18. The van der Waals surface area contributed by atoms with E-state index in [1.807, 2.05) is 6.07 Å². The van der Waals surface area contributed by atoms with Crippen LogP contribution in [0.25, 0.3) is 0 Å². The van der Waals surface area contributed by atoms with Crippen LogP contribution in [-0.4, -0.2) is 43.0 Å². The fourth-order valence-corrected chi connectivity index (χ4v) is 1.48. The Morgan fingerprint density at radius 1 is 1.52 bits per heavy atom. The van der Waals surface area contributed by atoms with Crippen LogP contribution in [0.15, 0.2) is 18.2 Å². The van der Waals surface area contributed by atoms with E-state index in [9.17, 15) is 14.9 Å². The van der Waals surface area contributed by atoms with Crippen molar-refractivity contribution >= 4 is 11.6 Å². The van der Waals surface area contributed by atoms with Gasteiger partial charge in [0.2, 0.25) is 0 Å². The number of carbonyl (C=O) groups is 1. The Bertz CT molecular complexity index is 567. The molecule has 0 aromatic heterocycles. The van der Waals surface area contributed by atoms with Crippen molar-refractivity contribution in [3.63, 3.8) is 0 Å². The second-order valence-electron chi connectivity index (χ2n) is 4.10. The molecule has 0 saturated heterocycles. The molecular weight excluding hydrogens is 278 g/mol. The minimum absolute atomic E-state index is 0.0113. The molecule has 0 aliphatic heterocycles. The number of nitrogens with zero attached hydrogens (tertiary/aromatic N) is 3. The third kappa shape index (κ3) is 4.65. The lowest BCUT2D eigenvalue weighted by molar-refractivity contribution is -0.385. The van der Waals surface area contributed by atoms with Gasteiger partial charge in [0.05, 0.1) is 30.6 Å². The lowest BCUT2D eigenvalue weighted by Gasteiger charge is -2.15. The van der Waals surface area contributed by atoms with E-state index in [1.54, 1.807) is 0 Å². The zero-order chi connectivity index (χ0) is 15.8. The predicted octanol–water partition coefficient (Wildman–Crippen LogP) is 1.35. The van der Waals surface area contributed by atoms with E-state index in [0.717, 1.165) is 0 Å². The maximum Gasteiger partial charge on any atom is 0.314 e. The van der Waals surface area contributed by atoms with Gasteiger partial charge in [-0.1, -0.05) is 0 Å². The van der Waals surface area contributed by atoms with Gasteiger partial charge < -0.3 is 14.4 Å². The van der Waals surface area contributed by atoms with Gasteiger partial charge in [-0.05, 0) is 12.1 Å². The van der Waals surface area contributed by atoms with Crippen LogP contribution >= 0.6 is 0 Å². The molecule has 8 heteroatoms. The Labute approximate surface area is 121 Å². The van der Waals surface area contributed by atoms with Gasteiger partial charge in [-0.2, -0.15) is 5.26 Å². The smallest absolute Gasteiger partial charge is 0.314 e. The van der Waals surface area contributed by atoms with Gasteiger partial charge in [-0.3, -0.25) is 14.9 Å². The minimum atomic E-state index is -0.609. The maximum atomic E-state index is 11.7. The molecule has 1 aromatic rings. The molecule has 0 bridgehead atoms. The number of methoxy groups -OCH3 is 1. The summed E-state index contributed by atoms with van der Waals surface area (Å²) < 4.78 is 10.1. The molecule has 1 amide bonds. The van der Waals surface area contributed by atoms with Crippen LogP contribution < -0.4 is 9.47 Å². The summed E-state index contributed by atoms with van der Waals surface area (Å²) in [5.41, 5.74) is -0.276. The quantitative estimate of drug-likeness (QED) is 0.555. The van der Waals surface area contributed by atoms with Gasteiger partial charge >= 0.3 is 5.69 Å². The van der Waals surface area contributed by atoms with Crippen molar-refractivity contribution in [1.29, 1.82) is 5.26 Å². The van der Waals surface area contributed by atoms with Crippen molar-refractivity contribution in [2.24, 2.45) is 0 Å². The summed E-state index contributed by atoms with van der Waals surface area (Å²) in [6.45, 7) is -0.0570. The first-order valence-corrected chi connectivity index (χ1v) is 6.05. The normalized spacial score (nSPS) is 9.57. The van der Waals surface area contributed by atoms with Crippen LogP contribution in [0.2, 0.25) is 0 Å². The first-order valence-electron chi connectivity index (χ1n) is 6.05. The molecule has 1 aromatic carbocycles. The molecule has 0 unspecified atom stereocenters. The number of hydrogen-bond donors (Lipinski definition) is 0. The van der Waals surface area contributed by atoms with E-state index < -0.39 is 4.92 Å². The number of rotatable bonds is 7. The van der Waals surface area contributed by atoms with Crippen LogP contribution in [0.5, 0.6) is 11.5 Å². The predicted molar refractivity (Wildman–Crippen MR) is 73.0 cm³/mol. The number of benzene rings is 1. The molecule has 0 fully saturated rings. The number of ether oxygens (including phenoxy) is 2. The van der Waals surface area contributed by atoms with Crippen LogP contribution in [0.1, 0.15) is 6.42 Å². The molecule has 0 aliphatic rings. The van der Waals surface area contributed by atoms with Gasteiger partial charge in [0, 0.05) is 13.6 Å². The Morgan fingerprint density at radius 3 is 2.81 bits per heavy atom. The molecule has 112 valence electrons. The van der Waals surface area contributed by atoms with E-state index in [4.69, 9.17) is 14.7 Å². The molecule has 8 nitrogen and oxygen atoms in total. The van der Waals surface area contributed by atoms with E-state index >= 15 is 0 Å². The highest BCUT2D eigenvalue weighted by atomic mass is 16.6. The Kier molecular flexibility index (Phi) is 5.95. The van der Waals surface area contributed by atoms with Gasteiger partial charge in [-0.15, -0.1) is 0 Å². The van der Waals surface area contributed by atoms with E-state index in [-0.39, 0.29) is 36.9 Å². The summed E-state index contributed by atoms with van der Waals surface area (Å²) in [6, 6.07) is 6.03. The molecule has 0 saturated carbocycles.